The average Bonchev–Trinajstić information content (AvgIpc) is 2.42. The van der Waals surface area contributed by atoms with Gasteiger partial charge in [-0.05, 0) is 19.3 Å². The van der Waals surface area contributed by atoms with Crippen molar-refractivity contribution in [3.63, 3.8) is 0 Å². The number of pyridine rings is 1. The van der Waals surface area contributed by atoms with Gasteiger partial charge in [0.2, 0.25) is 0 Å². The summed E-state index contributed by atoms with van der Waals surface area (Å²) in [6.07, 6.45) is 4.47. The molecule has 20 heavy (non-hydrogen) atoms. The van der Waals surface area contributed by atoms with E-state index in [0.717, 1.165) is 31.7 Å². The molecule has 2 heterocycles. The first-order valence-electron chi connectivity index (χ1n) is 7.08. The Balaban J connectivity index is 1.84. The minimum atomic E-state index is -0.836. The number of fused-ring (bicyclic) bond motifs is 1. The van der Waals surface area contributed by atoms with Gasteiger partial charge in [0, 0.05) is 25.1 Å². The second kappa shape index (κ2) is 4.84. The lowest BCUT2D eigenvalue weighted by molar-refractivity contribution is -0.0614. The van der Waals surface area contributed by atoms with Crippen LogP contribution >= 0.6 is 0 Å². The van der Waals surface area contributed by atoms with Crippen molar-refractivity contribution in [3.05, 3.63) is 17.7 Å². The minimum Gasteiger partial charge on any atom is -0.389 e. The molecule has 2 unspecified atom stereocenters. The molecule has 2 aliphatic rings. The van der Waals surface area contributed by atoms with Crippen LogP contribution in [0, 0.1) is 17.6 Å². The molecule has 3 rings (SSSR count). The number of hydrogen-bond acceptors (Lipinski definition) is 4. The highest BCUT2D eigenvalue weighted by Crippen LogP contribution is 2.41. The maximum absolute atomic E-state index is 13.9. The Hall–Kier alpha value is -1.43. The lowest BCUT2D eigenvalue weighted by Gasteiger charge is -2.47. The lowest BCUT2D eigenvalue weighted by Crippen LogP contribution is -2.53. The molecule has 110 valence electrons. The molecule has 1 aliphatic heterocycles. The Bertz CT molecular complexity index is 525. The number of aliphatic hydroxyl groups is 1. The Kier molecular flexibility index (Phi) is 3.28. The fraction of sp³-hybridized carbons (Fsp3) is 0.643. The standard InChI is InChI=1S/C14H19F2N3O/c15-10-7-11(16)13(18-12(10)17)19-6-5-14(20)4-2-1-3-9(14)8-19/h7,9,20H,1-6,8H2,(H2,17,18). The van der Waals surface area contributed by atoms with Crippen molar-refractivity contribution in [3.8, 4) is 0 Å². The average molecular weight is 283 g/mol. The zero-order chi connectivity index (χ0) is 14.3. The number of piperidine rings is 1. The van der Waals surface area contributed by atoms with Gasteiger partial charge in [-0.15, -0.1) is 0 Å². The van der Waals surface area contributed by atoms with Gasteiger partial charge in [-0.3, -0.25) is 0 Å². The molecule has 6 heteroatoms. The van der Waals surface area contributed by atoms with Crippen LogP contribution in [0.2, 0.25) is 0 Å². The molecule has 1 saturated carbocycles. The van der Waals surface area contributed by atoms with Crippen LogP contribution in [0.1, 0.15) is 32.1 Å². The third kappa shape index (κ3) is 2.22. The third-order valence-electron chi connectivity index (χ3n) is 4.67. The van der Waals surface area contributed by atoms with Crippen molar-refractivity contribution >= 4 is 11.6 Å². The Morgan fingerprint density at radius 2 is 2.10 bits per heavy atom. The van der Waals surface area contributed by atoms with Gasteiger partial charge in [-0.25, -0.2) is 13.8 Å². The first-order chi connectivity index (χ1) is 9.49. The Morgan fingerprint density at radius 1 is 1.30 bits per heavy atom. The van der Waals surface area contributed by atoms with E-state index in [1.54, 1.807) is 4.90 Å². The lowest BCUT2D eigenvalue weighted by atomic mass is 9.71. The maximum atomic E-state index is 13.9. The van der Waals surface area contributed by atoms with E-state index >= 15 is 0 Å². The molecule has 2 atom stereocenters. The molecule has 0 radical (unpaired) electrons. The molecular formula is C14H19F2N3O. The number of hydrogen-bond donors (Lipinski definition) is 2. The van der Waals surface area contributed by atoms with Crippen molar-refractivity contribution < 1.29 is 13.9 Å². The molecule has 1 aromatic heterocycles. The third-order valence-corrected chi connectivity index (χ3v) is 4.67. The summed E-state index contributed by atoms with van der Waals surface area (Å²) in [5.74, 6) is -1.60. The monoisotopic (exact) mass is 283 g/mol. The number of anilines is 2. The number of rotatable bonds is 1. The van der Waals surface area contributed by atoms with Gasteiger partial charge in [0.25, 0.3) is 0 Å². The summed E-state index contributed by atoms with van der Waals surface area (Å²) in [7, 11) is 0. The number of halogens is 2. The van der Waals surface area contributed by atoms with Gasteiger partial charge in [0.05, 0.1) is 5.60 Å². The Labute approximate surface area is 116 Å². The molecule has 4 nitrogen and oxygen atoms in total. The van der Waals surface area contributed by atoms with E-state index < -0.39 is 17.2 Å². The van der Waals surface area contributed by atoms with Gasteiger partial charge >= 0.3 is 0 Å². The van der Waals surface area contributed by atoms with Crippen LogP contribution in [0.5, 0.6) is 0 Å². The predicted molar refractivity (Wildman–Crippen MR) is 72.3 cm³/mol. The summed E-state index contributed by atoms with van der Waals surface area (Å²) in [5.41, 5.74) is 4.80. The number of nitrogens with zero attached hydrogens (tertiary/aromatic N) is 2. The summed E-state index contributed by atoms with van der Waals surface area (Å²) in [6, 6.07) is 0.777. The molecule has 0 amide bonds. The topological polar surface area (TPSA) is 62.4 Å². The molecule has 0 aromatic carbocycles. The Morgan fingerprint density at radius 3 is 2.90 bits per heavy atom. The van der Waals surface area contributed by atoms with E-state index in [0.29, 0.717) is 19.5 Å². The molecule has 1 aliphatic carbocycles. The maximum Gasteiger partial charge on any atom is 0.168 e. The summed E-state index contributed by atoms with van der Waals surface area (Å²) >= 11 is 0. The summed E-state index contributed by atoms with van der Waals surface area (Å²) < 4.78 is 27.0. The van der Waals surface area contributed by atoms with Crippen molar-refractivity contribution in [2.75, 3.05) is 23.7 Å². The summed E-state index contributed by atoms with van der Waals surface area (Å²) in [6.45, 7) is 1.06. The number of nitrogens with two attached hydrogens (primary N) is 1. The number of aromatic nitrogens is 1. The van der Waals surface area contributed by atoms with Crippen molar-refractivity contribution in [2.45, 2.75) is 37.7 Å². The van der Waals surface area contributed by atoms with Gasteiger partial charge in [0.1, 0.15) is 0 Å². The van der Waals surface area contributed by atoms with Crippen LogP contribution in [0.15, 0.2) is 6.07 Å². The molecule has 1 saturated heterocycles. The summed E-state index contributed by atoms with van der Waals surface area (Å²) in [4.78, 5) is 5.60. The van der Waals surface area contributed by atoms with Crippen molar-refractivity contribution in [1.82, 2.24) is 4.98 Å². The van der Waals surface area contributed by atoms with Crippen LogP contribution in [0.4, 0.5) is 20.4 Å². The highest BCUT2D eigenvalue weighted by molar-refractivity contribution is 5.47. The largest absolute Gasteiger partial charge is 0.389 e. The molecule has 3 N–H and O–H groups in total. The predicted octanol–water partition coefficient (Wildman–Crippen LogP) is 2.07. The SMILES string of the molecule is Nc1nc(N2CCC3(O)CCCCC3C2)c(F)cc1F. The van der Waals surface area contributed by atoms with Crippen LogP contribution in [0.3, 0.4) is 0 Å². The summed E-state index contributed by atoms with van der Waals surface area (Å²) in [5, 5.41) is 10.6. The van der Waals surface area contributed by atoms with Crippen molar-refractivity contribution in [2.24, 2.45) is 5.92 Å². The fourth-order valence-electron chi connectivity index (χ4n) is 3.46. The quantitative estimate of drug-likeness (QED) is 0.828. The second-order valence-corrected chi connectivity index (χ2v) is 5.90. The molecule has 0 bridgehead atoms. The molecular weight excluding hydrogens is 264 g/mol. The molecule has 2 fully saturated rings. The smallest absolute Gasteiger partial charge is 0.168 e. The van der Waals surface area contributed by atoms with E-state index in [1.165, 1.54) is 0 Å². The van der Waals surface area contributed by atoms with Crippen LogP contribution < -0.4 is 10.6 Å². The normalized spacial score (nSPS) is 30.1. The first-order valence-corrected chi connectivity index (χ1v) is 7.08. The molecule has 1 aromatic rings. The van der Waals surface area contributed by atoms with Gasteiger partial charge in [-0.1, -0.05) is 12.8 Å². The van der Waals surface area contributed by atoms with Crippen molar-refractivity contribution in [1.29, 1.82) is 0 Å². The van der Waals surface area contributed by atoms with E-state index in [9.17, 15) is 13.9 Å². The first kappa shape index (κ1) is 13.5. The highest BCUT2D eigenvalue weighted by Gasteiger charge is 2.43. The van der Waals surface area contributed by atoms with Gasteiger partial charge in [-0.2, -0.15) is 0 Å². The fourth-order valence-corrected chi connectivity index (χ4v) is 3.46. The van der Waals surface area contributed by atoms with Crippen LogP contribution in [-0.2, 0) is 0 Å². The zero-order valence-corrected chi connectivity index (χ0v) is 11.3. The van der Waals surface area contributed by atoms with Gasteiger partial charge in [0.15, 0.2) is 23.3 Å². The van der Waals surface area contributed by atoms with Crippen LogP contribution in [-0.4, -0.2) is 28.8 Å². The second-order valence-electron chi connectivity index (χ2n) is 5.90. The van der Waals surface area contributed by atoms with E-state index in [1.807, 2.05) is 0 Å². The van der Waals surface area contributed by atoms with E-state index in [2.05, 4.69) is 4.98 Å². The molecule has 0 spiro atoms. The van der Waals surface area contributed by atoms with E-state index in [-0.39, 0.29) is 17.6 Å². The highest BCUT2D eigenvalue weighted by atomic mass is 19.1. The number of nitrogen functional groups attached to an aromatic ring is 1. The zero-order valence-electron chi connectivity index (χ0n) is 11.3. The van der Waals surface area contributed by atoms with E-state index in [4.69, 9.17) is 5.73 Å². The minimum absolute atomic E-state index is 0.0940. The van der Waals surface area contributed by atoms with Crippen LogP contribution in [0.25, 0.3) is 0 Å². The van der Waals surface area contributed by atoms with Gasteiger partial charge < -0.3 is 15.7 Å².